The summed E-state index contributed by atoms with van der Waals surface area (Å²) in [7, 11) is 0. The molecule has 16 atom stereocenters. The Morgan fingerprint density at radius 1 is 0.938 bits per heavy atom. The summed E-state index contributed by atoms with van der Waals surface area (Å²) in [5.41, 5.74) is -0.126. The largest absolute Gasteiger partial charge is 1.00 e. The SMILES string of the molecule is CC(C)=CCC[C@](C)(O[C@@H]1O[C@H](COS(=O)[O-])[C@@H](O)[C@H](O)[C@H]1O)C1CC[C@]2(C)C1[C@H](O)CC1[C@@]3(C)CC[C@H](O)C(C)(C)C3CC[C@]12C.[K+]. The van der Waals surface area contributed by atoms with Gasteiger partial charge in [-0.1, -0.05) is 46.3 Å². The van der Waals surface area contributed by atoms with E-state index in [0.29, 0.717) is 31.1 Å². The molecule has 1 aliphatic heterocycles. The molecule has 5 rings (SSSR count). The van der Waals surface area contributed by atoms with Crippen LogP contribution in [0.5, 0.6) is 0 Å². The van der Waals surface area contributed by atoms with Gasteiger partial charge < -0.3 is 39.6 Å². The molecule has 0 aromatic heterocycles. The van der Waals surface area contributed by atoms with Gasteiger partial charge in [0.25, 0.3) is 0 Å². The summed E-state index contributed by atoms with van der Waals surface area (Å²) >= 11 is -2.85. The summed E-state index contributed by atoms with van der Waals surface area (Å²) in [6.45, 7) is 17.2. The van der Waals surface area contributed by atoms with Gasteiger partial charge in [0.15, 0.2) is 6.29 Å². The van der Waals surface area contributed by atoms with Crippen molar-refractivity contribution in [3.63, 3.8) is 0 Å². The van der Waals surface area contributed by atoms with E-state index in [9.17, 15) is 34.3 Å². The number of allylic oxidation sites excluding steroid dienone is 2. The van der Waals surface area contributed by atoms with Crippen LogP contribution in [-0.2, 0) is 25.0 Å². The van der Waals surface area contributed by atoms with Crippen molar-refractivity contribution in [3.8, 4) is 0 Å². The van der Waals surface area contributed by atoms with Crippen LogP contribution < -0.4 is 51.4 Å². The first-order chi connectivity index (χ1) is 21.7. The Balaban J connectivity index is 0.00000520. The van der Waals surface area contributed by atoms with Gasteiger partial charge in [0, 0.05) is 0 Å². The van der Waals surface area contributed by atoms with Crippen LogP contribution >= 0.6 is 0 Å². The molecule has 272 valence electrons. The molecule has 1 saturated heterocycles. The van der Waals surface area contributed by atoms with Crippen LogP contribution in [0.3, 0.4) is 0 Å². The maximum atomic E-state index is 12.3. The summed E-state index contributed by atoms with van der Waals surface area (Å²) < 4.78 is 39.5. The summed E-state index contributed by atoms with van der Waals surface area (Å²) in [5.74, 6) is 0.508. The Bertz CT molecular complexity index is 1200. The molecule has 5 N–H and O–H groups in total. The van der Waals surface area contributed by atoms with Gasteiger partial charge in [0.1, 0.15) is 24.4 Å². The van der Waals surface area contributed by atoms with Crippen molar-refractivity contribution in [1.82, 2.24) is 0 Å². The second-order valence-electron chi connectivity index (χ2n) is 17.6. The number of rotatable bonds is 9. The van der Waals surface area contributed by atoms with E-state index in [4.69, 9.17) is 9.47 Å². The summed E-state index contributed by atoms with van der Waals surface area (Å²) in [5, 5.41) is 55.6. The van der Waals surface area contributed by atoms with E-state index in [1.54, 1.807) is 0 Å². The topological polar surface area (TPSA) is 169 Å². The zero-order valence-corrected chi connectivity index (χ0v) is 34.6. The zero-order chi connectivity index (χ0) is 34.9. The van der Waals surface area contributed by atoms with Crippen LogP contribution in [0.1, 0.15) is 113 Å². The molecule has 0 bridgehead atoms. The van der Waals surface area contributed by atoms with Crippen molar-refractivity contribution in [2.45, 2.75) is 162 Å². The zero-order valence-electron chi connectivity index (χ0n) is 30.7. The van der Waals surface area contributed by atoms with Crippen molar-refractivity contribution in [1.29, 1.82) is 0 Å². The fourth-order valence-corrected chi connectivity index (χ4v) is 12.2. The summed E-state index contributed by atoms with van der Waals surface area (Å²) in [6, 6.07) is 0. The third-order valence-electron chi connectivity index (χ3n) is 14.7. The molecule has 5 fully saturated rings. The molecule has 10 nitrogen and oxygen atoms in total. The maximum absolute atomic E-state index is 12.3. The smallest absolute Gasteiger partial charge is 0.750 e. The standard InChI is InChI=1S/C36H62O10S.K/c1-20(2)10-9-14-36(8,46-31-30(41)29(40)28(39)23(45-31)19-44-47(42)43)21-11-16-35(7)27(21)22(37)18-25-33(5)15-13-26(38)32(3,4)24(33)12-17-34(25,35)6;/h10,21-31,37-41H,9,11-19H2,1-8H3,(H,42,43);/q;+1/p-1/t21?,22-,23-,24?,25?,26+,27?,28-,29+,30-,31+,33+,34-,35-,36+;/m1./s1. The Kier molecular flexibility index (Phi) is 13.2. The molecule has 0 spiro atoms. The predicted molar refractivity (Wildman–Crippen MR) is 176 cm³/mol. The number of ether oxygens (including phenoxy) is 2. The van der Waals surface area contributed by atoms with Crippen LogP contribution in [0.15, 0.2) is 11.6 Å². The van der Waals surface area contributed by atoms with Crippen molar-refractivity contribution in [2.75, 3.05) is 6.61 Å². The van der Waals surface area contributed by atoms with Gasteiger partial charge in [0.2, 0.25) is 0 Å². The average Bonchev–Trinajstić information content (AvgIpc) is 3.36. The van der Waals surface area contributed by atoms with Crippen LogP contribution in [-0.4, -0.2) is 89.4 Å². The number of hydrogen-bond donors (Lipinski definition) is 5. The first kappa shape index (κ1) is 41.9. The summed E-state index contributed by atoms with van der Waals surface area (Å²) in [4.78, 5) is 0. The molecule has 4 saturated carbocycles. The Morgan fingerprint density at radius 2 is 1.58 bits per heavy atom. The van der Waals surface area contributed by atoms with Gasteiger partial charge >= 0.3 is 51.4 Å². The quantitative estimate of drug-likeness (QED) is 0.132. The van der Waals surface area contributed by atoms with Gasteiger partial charge in [0.05, 0.1) is 35.8 Å². The maximum Gasteiger partial charge on any atom is 1.00 e. The number of aliphatic hydroxyl groups is 5. The Hall–Kier alpha value is 1.17. The first-order valence-corrected chi connectivity index (χ1v) is 18.8. The van der Waals surface area contributed by atoms with E-state index in [1.807, 2.05) is 20.8 Å². The van der Waals surface area contributed by atoms with E-state index >= 15 is 0 Å². The minimum Gasteiger partial charge on any atom is -0.750 e. The van der Waals surface area contributed by atoms with Crippen molar-refractivity contribution in [3.05, 3.63) is 11.6 Å². The van der Waals surface area contributed by atoms with Crippen LogP contribution in [0.2, 0.25) is 0 Å². The number of fused-ring (bicyclic) bond motifs is 5. The van der Waals surface area contributed by atoms with E-state index < -0.39 is 60.4 Å². The van der Waals surface area contributed by atoms with Crippen molar-refractivity contribution < 1.29 is 99.3 Å². The Morgan fingerprint density at radius 3 is 2.21 bits per heavy atom. The van der Waals surface area contributed by atoms with E-state index in [1.165, 1.54) is 0 Å². The van der Waals surface area contributed by atoms with Crippen LogP contribution in [0.25, 0.3) is 0 Å². The molecule has 12 heteroatoms. The third kappa shape index (κ3) is 7.08. The van der Waals surface area contributed by atoms with Crippen molar-refractivity contribution in [2.24, 2.45) is 45.3 Å². The van der Waals surface area contributed by atoms with Gasteiger partial charge in [-0.25, -0.2) is 4.21 Å². The average molecular weight is 725 g/mol. The third-order valence-corrected chi connectivity index (χ3v) is 15.1. The molecule has 5 aliphatic rings. The van der Waals surface area contributed by atoms with E-state index in [2.05, 4.69) is 44.9 Å². The fourth-order valence-electron chi connectivity index (χ4n) is 12.0. The number of hydrogen-bond acceptors (Lipinski definition) is 10. The fraction of sp³-hybridized carbons (Fsp3) is 0.944. The molecular weight excluding hydrogens is 664 g/mol. The van der Waals surface area contributed by atoms with Gasteiger partial charge in [-0.05, 0) is 124 Å². The predicted octanol–water partition coefficient (Wildman–Crippen LogP) is 1.15. The Labute approximate surface area is 333 Å². The van der Waals surface area contributed by atoms with Gasteiger partial charge in [-0.3, -0.25) is 4.18 Å². The van der Waals surface area contributed by atoms with Gasteiger partial charge in [-0.2, -0.15) is 0 Å². The molecule has 5 unspecified atom stereocenters. The molecular formula is C36H61KO10S. The molecule has 0 radical (unpaired) electrons. The number of aliphatic hydroxyl groups excluding tert-OH is 5. The minimum absolute atomic E-state index is 0. The summed E-state index contributed by atoms with van der Waals surface area (Å²) in [6.07, 6.45) is 1.40. The second kappa shape index (κ2) is 15.1. The van der Waals surface area contributed by atoms with Gasteiger partial charge in [-0.15, -0.1) is 0 Å². The second-order valence-corrected chi connectivity index (χ2v) is 18.2. The minimum atomic E-state index is -2.85. The molecule has 0 aromatic carbocycles. The normalized spacial score (nSPS) is 48.6. The van der Waals surface area contributed by atoms with Crippen LogP contribution in [0, 0.1) is 45.3 Å². The molecule has 4 aliphatic carbocycles. The molecule has 1 heterocycles. The molecule has 48 heavy (non-hydrogen) atoms. The van der Waals surface area contributed by atoms with E-state index in [0.717, 1.165) is 44.1 Å². The van der Waals surface area contributed by atoms with E-state index in [-0.39, 0.29) is 91.0 Å². The molecule has 0 aromatic rings. The monoisotopic (exact) mass is 724 g/mol. The van der Waals surface area contributed by atoms with Crippen LogP contribution in [0.4, 0.5) is 0 Å². The molecule has 0 amide bonds. The first-order valence-electron chi connectivity index (χ1n) is 17.8. The van der Waals surface area contributed by atoms with Crippen molar-refractivity contribution >= 4 is 11.4 Å².